The molecule has 0 saturated carbocycles. The summed E-state index contributed by atoms with van der Waals surface area (Å²) < 4.78 is 5.68. The number of hydrogen-bond donors (Lipinski definition) is 1. The molecule has 0 bridgehead atoms. The van der Waals surface area contributed by atoms with Gasteiger partial charge < -0.3 is 10.1 Å². The number of nitrogens with one attached hydrogen (secondary N) is 1. The Balaban J connectivity index is 1.82. The Morgan fingerprint density at radius 2 is 2.10 bits per heavy atom. The van der Waals surface area contributed by atoms with E-state index < -0.39 is 0 Å². The number of hydrogen-bond acceptors (Lipinski definition) is 5. The third kappa shape index (κ3) is 4.76. The lowest BCUT2D eigenvalue weighted by Gasteiger charge is -2.34. The second-order valence-electron chi connectivity index (χ2n) is 5.68. The quantitative estimate of drug-likeness (QED) is 0.900. The zero-order valence-electron chi connectivity index (χ0n) is 13.3. The molecular weight excluding hydrogens is 286 g/mol. The molecule has 1 saturated heterocycles. The monoisotopic (exact) mass is 311 g/mol. The van der Waals surface area contributed by atoms with Crippen molar-refractivity contribution in [2.24, 2.45) is 0 Å². The normalized spacial score (nSPS) is 23.2. The van der Waals surface area contributed by atoms with Crippen LogP contribution in [0.1, 0.15) is 36.3 Å². The van der Waals surface area contributed by atoms with E-state index in [-0.39, 0.29) is 18.1 Å². The fourth-order valence-corrected chi connectivity index (χ4v) is 3.74. The van der Waals surface area contributed by atoms with Crippen LogP contribution in [0, 0.1) is 6.92 Å². The average molecular weight is 311 g/mol. The van der Waals surface area contributed by atoms with Crippen LogP contribution in [0.2, 0.25) is 0 Å². The predicted molar refractivity (Wildman–Crippen MR) is 84.5 cm³/mol. The lowest BCUT2D eigenvalue weighted by molar-refractivity contribution is -0.126. The first kappa shape index (κ1) is 16.4. The molecule has 1 aliphatic rings. The van der Waals surface area contributed by atoms with E-state index in [0.717, 1.165) is 30.2 Å². The number of nitrogens with zero attached hydrogens (tertiary/aromatic N) is 2. The van der Waals surface area contributed by atoms with E-state index in [1.54, 1.807) is 11.3 Å². The number of ether oxygens (including phenoxy) is 1. The molecule has 0 radical (unpaired) electrons. The zero-order valence-corrected chi connectivity index (χ0v) is 14.1. The zero-order chi connectivity index (χ0) is 15.4. The van der Waals surface area contributed by atoms with Gasteiger partial charge in [0.1, 0.15) is 0 Å². The topological polar surface area (TPSA) is 54.5 Å². The van der Waals surface area contributed by atoms with E-state index in [9.17, 15) is 4.79 Å². The highest BCUT2D eigenvalue weighted by Gasteiger charge is 2.23. The number of thiazole rings is 1. The second kappa shape index (κ2) is 7.33. The van der Waals surface area contributed by atoms with Gasteiger partial charge in [-0.15, -0.1) is 11.3 Å². The maximum Gasteiger partial charge on any atom is 0.234 e. The van der Waals surface area contributed by atoms with Crippen molar-refractivity contribution < 1.29 is 9.53 Å². The van der Waals surface area contributed by atoms with Gasteiger partial charge in [-0.05, 0) is 27.2 Å². The minimum absolute atomic E-state index is 0.0735. The molecule has 1 aromatic rings. The van der Waals surface area contributed by atoms with Crippen molar-refractivity contribution in [1.29, 1.82) is 0 Å². The van der Waals surface area contributed by atoms with Gasteiger partial charge in [-0.25, -0.2) is 4.98 Å². The fraction of sp³-hybridized carbons (Fsp3) is 0.733. The SMILES string of the molecule is CCc1nc(C)sc1CNC(=O)CN1C[C@@H](C)O[C@@H](C)C1. The molecule has 1 amide bonds. The smallest absolute Gasteiger partial charge is 0.234 e. The Kier molecular flexibility index (Phi) is 5.72. The van der Waals surface area contributed by atoms with Crippen LogP contribution in [0.3, 0.4) is 0 Å². The Hall–Kier alpha value is -0.980. The van der Waals surface area contributed by atoms with Crippen LogP contribution < -0.4 is 5.32 Å². The average Bonchev–Trinajstić information content (AvgIpc) is 2.75. The summed E-state index contributed by atoms with van der Waals surface area (Å²) in [6, 6.07) is 0. The number of amides is 1. The van der Waals surface area contributed by atoms with Crippen LogP contribution >= 0.6 is 11.3 Å². The molecule has 21 heavy (non-hydrogen) atoms. The molecule has 1 aromatic heterocycles. The molecule has 2 rings (SSSR count). The van der Waals surface area contributed by atoms with Crippen molar-refractivity contribution in [3.05, 3.63) is 15.6 Å². The summed E-state index contributed by atoms with van der Waals surface area (Å²) in [5, 5.41) is 4.07. The maximum atomic E-state index is 12.1. The number of carbonyl (C=O) groups is 1. The molecule has 0 aromatic carbocycles. The van der Waals surface area contributed by atoms with Crippen LogP contribution in [0.25, 0.3) is 0 Å². The summed E-state index contributed by atoms with van der Waals surface area (Å²) in [5.41, 5.74) is 1.10. The summed E-state index contributed by atoms with van der Waals surface area (Å²) in [6.45, 7) is 10.9. The van der Waals surface area contributed by atoms with Gasteiger partial charge >= 0.3 is 0 Å². The third-order valence-corrected chi connectivity index (χ3v) is 4.54. The summed E-state index contributed by atoms with van der Waals surface area (Å²) in [4.78, 5) is 19.9. The second-order valence-corrected chi connectivity index (χ2v) is 6.97. The van der Waals surface area contributed by atoms with Crippen molar-refractivity contribution in [1.82, 2.24) is 15.2 Å². The minimum atomic E-state index is 0.0735. The Morgan fingerprint density at radius 1 is 1.43 bits per heavy atom. The largest absolute Gasteiger partial charge is 0.373 e. The fourth-order valence-electron chi connectivity index (χ4n) is 2.78. The molecule has 1 aliphatic heterocycles. The van der Waals surface area contributed by atoms with E-state index in [2.05, 4.69) is 22.1 Å². The molecule has 2 atom stereocenters. The first-order chi connectivity index (χ1) is 9.97. The van der Waals surface area contributed by atoms with Gasteiger partial charge in [-0.3, -0.25) is 9.69 Å². The van der Waals surface area contributed by atoms with E-state index in [1.807, 2.05) is 20.8 Å². The van der Waals surface area contributed by atoms with Gasteiger partial charge in [0.15, 0.2) is 0 Å². The number of rotatable bonds is 5. The van der Waals surface area contributed by atoms with Crippen LogP contribution in [0.15, 0.2) is 0 Å². The molecular formula is C15H25N3O2S. The van der Waals surface area contributed by atoms with Crippen LogP contribution in [-0.4, -0.2) is 47.6 Å². The molecule has 1 N–H and O–H groups in total. The lowest BCUT2D eigenvalue weighted by Crippen LogP contribution is -2.49. The molecule has 1 fully saturated rings. The van der Waals surface area contributed by atoms with Crippen molar-refractivity contribution in [3.8, 4) is 0 Å². The van der Waals surface area contributed by atoms with Crippen LogP contribution in [0.4, 0.5) is 0 Å². The molecule has 118 valence electrons. The van der Waals surface area contributed by atoms with Gasteiger partial charge in [0.2, 0.25) is 5.91 Å². The minimum Gasteiger partial charge on any atom is -0.373 e. The van der Waals surface area contributed by atoms with E-state index in [1.165, 1.54) is 4.88 Å². The number of aromatic nitrogens is 1. The maximum absolute atomic E-state index is 12.1. The molecule has 5 nitrogen and oxygen atoms in total. The standard InChI is InChI=1S/C15H25N3O2S/c1-5-13-14(21-12(4)17-13)6-16-15(19)9-18-7-10(2)20-11(3)8-18/h10-11H,5-9H2,1-4H3,(H,16,19)/t10-,11+. The van der Waals surface area contributed by atoms with Gasteiger partial charge in [0.05, 0.1) is 36.0 Å². The summed E-state index contributed by atoms with van der Waals surface area (Å²) in [7, 11) is 0. The Bertz CT molecular complexity index is 479. The highest BCUT2D eigenvalue weighted by Crippen LogP contribution is 2.18. The van der Waals surface area contributed by atoms with E-state index in [4.69, 9.17) is 4.74 Å². The van der Waals surface area contributed by atoms with Gasteiger partial charge in [-0.1, -0.05) is 6.92 Å². The summed E-state index contributed by atoms with van der Waals surface area (Å²) in [5.74, 6) is 0.0735. The van der Waals surface area contributed by atoms with Crippen molar-refractivity contribution in [2.75, 3.05) is 19.6 Å². The molecule has 0 aliphatic carbocycles. The molecule has 2 heterocycles. The highest BCUT2D eigenvalue weighted by molar-refractivity contribution is 7.11. The number of morpholine rings is 1. The van der Waals surface area contributed by atoms with Gasteiger partial charge in [0, 0.05) is 18.0 Å². The Labute approximate surface area is 130 Å². The van der Waals surface area contributed by atoms with Gasteiger partial charge in [-0.2, -0.15) is 0 Å². The lowest BCUT2D eigenvalue weighted by atomic mass is 10.2. The third-order valence-electron chi connectivity index (χ3n) is 3.53. The van der Waals surface area contributed by atoms with Crippen molar-refractivity contribution >= 4 is 17.2 Å². The summed E-state index contributed by atoms with van der Waals surface area (Å²) >= 11 is 1.67. The molecule has 0 spiro atoms. The number of carbonyl (C=O) groups excluding carboxylic acids is 1. The van der Waals surface area contributed by atoms with Crippen molar-refractivity contribution in [2.45, 2.75) is 52.9 Å². The summed E-state index contributed by atoms with van der Waals surface area (Å²) in [6.07, 6.45) is 1.29. The van der Waals surface area contributed by atoms with Gasteiger partial charge in [0.25, 0.3) is 0 Å². The van der Waals surface area contributed by atoms with E-state index >= 15 is 0 Å². The predicted octanol–water partition coefficient (Wildman–Crippen LogP) is 1.74. The van der Waals surface area contributed by atoms with Crippen LogP contribution in [-0.2, 0) is 22.5 Å². The highest BCUT2D eigenvalue weighted by atomic mass is 32.1. The Morgan fingerprint density at radius 3 is 2.71 bits per heavy atom. The first-order valence-electron chi connectivity index (χ1n) is 7.57. The van der Waals surface area contributed by atoms with Crippen LogP contribution in [0.5, 0.6) is 0 Å². The first-order valence-corrected chi connectivity index (χ1v) is 8.39. The van der Waals surface area contributed by atoms with E-state index in [0.29, 0.717) is 13.1 Å². The van der Waals surface area contributed by atoms with Crippen molar-refractivity contribution in [3.63, 3.8) is 0 Å². The molecule has 6 heteroatoms. The molecule has 0 unspecified atom stereocenters. The number of aryl methyl sites for hydroxylation is 2.